The van der Waals surface area contributed by atoms with Crippen molar-refractivity contribution in [3.05, 3.63) is 57.6 Å². The quantitative estimate of drug-likeness (QED) is 0.487. The number of pyridine rings is 2. The molecule has 0 unspecified atom stereocenters. The highest BCUT2D eigenvalue weighted by molar-refractivity contribution is 5.97. The Hall–Kier alpha value is -3.01. The molecule has 1 saturated carbocycles. The van der Waals surface area contributed by atoms with Crippen molar-refractivity contribution < 1.29 is 22.7 Å². The molecule has 0 radical (unpaired) electrons. The zero-order valence-corrected chi connectivity index (χ0v) is 21.9. The van der Waals surface area contributed by atoms with Gasteiger partial charge >= 0.3 is 6.18 Å². The maximum Gasteiger partial charge on any atom is 0.425 e. The second-order valence-corrected chi connectivity index (χ2v) is 10.4. The molecule has 0 spiro atoms. The number of carbonyl (C=O) groups excluding carboxylic acids is 1. The topological polar surface area (TPSA) is 76.8 Å². The van der Waals surface area contributed by atoms with E-state index in [1.54, 1.807) is 25.4 Å². The number of carbonyl (C=O) groups is 1. The van der Waals surface area contributed by atoms with Gasteiger partial charge in [-0.15, -0.1) is 0 Å². The van der Waals surface area contributed by atoms with E-state index < -0.39 is 18.2 Å². The molecule has 0 N–H and O–H groups in total. The lowest BCUT2D eigenvalue weighted by molar-refractivity contribution is -0.190. The summed E-state index contributed by atoms with van der Waals surface area (Å²) >= 11 is 0. The van der Waals surface area contributed by atoms with Gasteiger partial charge in [0.2, 0.25) is 5.88 Å². The molecule has 0 aromatic carbocycles. The van der Waals surface area contributed by atoms with Gasteiger partial charge in [-0.05, 0) is 75.5 Å². The number of rotatable bonds is 7. The van der Waals surface area contributed by atoms with Gasteiger partial charge in [-0.1, -0.05) is 12.1 Å². The first kappa shape index (κ1) is 28.0. The van der Waals surface area contributed by atoms with Gasteiger partial charge in [-0.2, -0.15) is 13.2 Å². The summed E-state index contributed by atoms with van der Waals surface area (Å²) in [6.07, 6.45) is 2.20. The molecular formula is C28H35F3N4O3. The lowest BCUT2D eigenvalue weighted by Gasteiger charge is -2.28. The molecule has 4 rings (SSSR count). The number of aromatic nitrogens is 2. The third-order valence-corrected chi connectivity index (χ3v) is 7.72. The summed E-state index contributed by atoms with van der Waals surface area (Å²) in [5, 5.41) is 0. The Balaban J connectivity index is 1.21. The van der Waals surface area contributed by atoms with Gasteiger partial charge in [0.25, 0.3) is 11.5 Å². The van der Waals surface area contributed by atoms with E-state index in [9.17, 15) is 22.8 Å². The van der Waals surface area contributed by atoms with Crippen molar-refractivity contribution in [3.63, 3.8) is 0 Å². The van der Waals surface area contributed by atoms with Crippen LogP contribution in [-0.2, 0) is 19.9 Å². The normalized spacial score (nSPS) is 21.6. The highest BCUT2D eigenvalue weighted by Gasteiger charge is 2.38. The highest BCUT2D eigenvalue weighted by atomic mass is 19.4. The molecule has 1 amide bonds. The number of nitrogens with zero attached hydrogens (tertiary/aromatic N) is 4. The van der Waals surface area contributed by atoms with Gasteiger partial charge in [0.05, 0.1) is 0 Å². The second kappa shape index (κ2) is 12.2. The number of hydrogen-bond donors (Lipinski definition) is 0. The van der Waals surface area contributed by atoms with Gasteiger partial charge in [0, 0.05) is 50.6 Å². The fraction of sp³-hybridized carbons (Fsp3) is 0.571. The standard InChI is InChI=1S/C28H35F3N4O3/c1-19(28(29,30)31)38-25-11-10-22-13-16-35(17-14-23(22)33-25)15-12-20-6-8-21(9-7-20)18-32-27(37)24-4-3-5-26(36)34(24)2/h3-5,10-11,18-21H,6-9,12-17H2,1-2H3/b32-18+/t19-,20?,21?/m1/s1. The van der Waals surface area contributed by atoms with Gasteiger partial charge in [-0.25, -0.2) is 9.98 Å². The summed E-state index contributed by atoms with van der Waals surface area (Å²) < 4.78 is 44.8. The molecule has 10 heteroatoms. The SMILES string of the molecule is C[C@@H](Oc1ccc2c(n1)CCN(CCC1CCC(/C=N/C(=O)c3cccc(=O)n3C)CC1)CC2)C(F)(F)F. The lowest BCUT2D eigenvalue weighted by atomic mass is 9.81. The average molecular weight is 533 g/mol. The van der Waals surface area contributed by atoms with E-state index in [0.29, 0.717) is 12.3 Å². The summed E-state index contributed by atoms with van der Waals surface area (Å²) in [4.78, 5) is 35.0. The number of fused-ring (bicyclic) bond motifs is 1. The molecule has 38 heavy (non-hydrogen) atoms. The van der Waals surface area contributed by atoms with Crippen molar-refractivity contribution in [3.8, 4) is 5.88 Å². The number of hydrogen-bond acceptors (Lipinski definition) is 5. The number of halogens is 3. The fourth-order valence-corrected chi connectivity index (χ4v) is 5.15. The molecule has 0 saturated heterocycles. The molecule has 2 aromatic heterocycles. The predicted octanol–water partition coefficient (Wildman–Crippen LogP) is 4.62. The molecule has 1 aliphatic carbocycles. The van der Waals surface area contributed by atoms with E-state index in [-0.39, 0.29) is 23.1 Å². The zero-order chi connectivity index (χ0) is 27.3. The first-order chi connectivity index (χ1) is 18.1. The molecule has 1 fully saturated rings. The van der Waals surface area contributed by atoms with Gasteiger partial charge < -0.3 is 14.2 Å². The lowest BCUT2D eigenvalue weighted by Crippen LogP contribution is -2.31. The van der Waals surface area contributed by atoms with Crippen LogP contribution >= 0.6 is 0 Å². The first-order valence-corrected chi connectivity index (χ1v) is 13.3. The van der Waals surface area contributed by atoms with Crippen LogP contribution in [0.3, 0.4) is 0 Å². The molecule has 206 valence electrons. The van der Waals surface area contributed by atoms with E-state index in [2.05, 4.69) is 14.9 Å². The minimum absolute atomic E-state index is 0.0248. The number of amides is 1. The monoisotopic (exact) mass is 532 g/mol. The van der Waals surface area contributed by atoms with Crippen LogP contribution in [0.2, 0.25) is 0 Å². The van der Waals surface area contributed by atoms with Crippen molar-refractivity contribution in [2.24, 2.45) is 23.9 Å². The third kappa shape index (κ3) is 7.30. The van der Waals surface area contributed by atoms with Crippen molar-refractivity contribution >= 4 is 12.1 Å². The van der Waals surface area contributed by atoms with E-state index in [0.717, 1.165) is 76.3 Å². The Morgan fingerprint density at radius 3 is 2.63 bits per heavy atom. The largest absolute Gasteiger partial charge is 0.465 e. The van der Waals surface area contributed by atoms with E-state index in [1.165, 1.54) is 16.7 Å². The molecule has 0 bridgehead atoms. The Morgan fingerprint density at radius 1 is 1.16 bits per heavy atom. The summed E-state index contributed by atoms with van der Waals surface area (Å²) in [7, 11) is 1.57. The second-order valence-electron chi connectivity index (χ2n) is 10.4. The Kier molecular flexibility index (Phi) is 9.02. The predicted molar refractivity (Wildman–Crippen MR) is 139 cm³/mol. The summed E-state index contributed by atoms with van der Waals surface area (Å²) in [5.41, 5.74) is 1.95. The van der Waals surface area contributed by atoms with Crippen LogP contribution in [0, 0.1) is 11.8 Å². The molecule has 1 aliphatic heterocycles. The van der Waals surface area contributed by atoms with Crippen molar-refractivity contribution in [1.82, 2.24) is 14.5 Å². The smallest absolute Gasteiger partial charge is 0.425 e. The van der Waals surface area contributed by atoms with Crippen LogP contribution in [0.25, 0.3) is 0 Å². The number of ether oxygens (including phenoxy) is 1. The maximum atomic E-state index is 12.8. The highest BCUT2D eigenvalue weighted by Crippen LogP contribution is 2.31. The van der Waals surface area contributed by atoms with E-state index in [4.69, 9.17) is 4.74 Å². The molecular weight excluding hydrogens is 497 g/mol. The summed E-state index contributed by atoms with van der Waals surface area (Å²) in [5.74, 6) is 0.526. The minimum Gasteiger partial charge on any atom is -0.465 e. The molecule has 2 aromatic rings. The van der Waals surface area contributed by atoms with E-state index in [1.807, 2.05) is 6.07 Å². The Bertz CT molecular complexity index is 1200. The molecule has 3 heterocycles. The average Bonchev–Trinajstić information content (AvgIpc) is 3.09. The number of alkyl halides is 3. The van der Waals surface area contributed by atoms with Gasteiger partial charge in [0.15, 0.2) is 6.10 Å². The summed E-state index contributed by atoms with van der Waals surface area (Å²) in [6, 6.07) is 7.97. The van der Waals surface area contributed by atoms with Crippen molar-refractivity contribution in [2.75, 3.05) is 19.6 Å². The molecule has 1 atom stereocenters. The Morgan fingerprint density at radius 2 is 1.89 bits per heavy atom. The first-order valence-electron chi connectivity index (χ1n) is 13.3. The minimum atomic E-state index is -4.42. The van der Waals surface area contributed by atoms with Gasteiger partial charge in [-0.3, -0.25) is 9.59 Å². The van der Waals surface area contributed by atoms with Crippen LogP contribution in [0.1, 0.15) is 60.8 Å². The molecule has 7 nitrogen and oxygen atoms in total. The van der Waals surface area contributed by atoms with Crippen molar-refractivity contribution in [1.29, 1.82) is 0 Å². The maximum absolute atomic E-state index is 12.8. The van der Waals surface area contributed by atoms with Crippen LogP contribution < -0.4 is 10.3 Å². The van der Waals surface area contributed by atoms with Crippen molar-refractivity contribution in [2.45, 2.75) is 64.1 Å². The van der Waals surface area contributed by atoms with Crippen LogP contribution in [-0.4, -0.2) is 58.5 Å². The summed E-state index contributed by atoms with van der Waals surface area (Å²) in [6.45, 7) is 3.70. The zero-order valence-electron chi connectivity index (χ0n) is 21.9. The Labute approximate surface area is 220 Å². The van der Waals surface area contributed by atoms with Crippen LogP contribution in [0.15, 0.2) is 40.1 Å². The van der Waals surface area contributed by atoms with Gasteiger partial charge in [0.1, 0.15) is 5.69 Å². The van der Waals surface area contributed by atoms with Crippen LogP contribution in [0.4, 0.5) is 13.2 Å². The number of aliphatic imine (C=N–C) groups is 1. The van der Waals surface area contributed by atoms with Crippen LogP contribution in [0.5, 0.6) is 5.88 Å². The van der Waals surface area contributed by atoms with E-state index >= 15 is 0 Å². The fourth-order valence-electron chi connectivity index (χ4n) is 5.15. The third-order valence-electron chi connectivity index (χ3n) is 7.72. The molecule has 2 aliphatic rings.